The van der Waals surface area contributed by atoms with Crippen molar-refractivity contribution in [2.75, 3.05) is 44.7 Å². The molecule has 7 nitrogen and oxygen atoms in total. The lowest BCUT2D eigenvalue weighted by molar-refractivity contribution is -0.0109. The molecule has 2 aromatic rings. The van der Waals surface area contributed by atoms with Gasteiger partial charge in [0, 0.05) is 51.7 Å². The molecule has 0 bridgehead atoms. The number of aromatic nitrogens is 1. The van der Waals surface area contributed by atoms with Gasteiger partial charge in [0.1, 0.15) is 12.4 Å². The molecule has 2 aliphatic rings. The van der Waals surface area contributed by atoms with Crippen molar-refractivity contribution in [2.45, 2.75) is 31.9 Å². The largest absolute Gasteiger partial charge is 0.489 e. The van der Waals surface area contributed by atoms with E-state index in [1.54, 1.807) is 0 Å². The van der Waals surface area contributed by atoms with Crippen LogP contribution in [0.25, 0.3) is 0 Å². The van der Waals surface area contributed by atoms with E-state index >= 15 is 0 Å². The van der Waals surface area contributed by atoms with Crippen LogP contribution in [0.1, 0.15) is 24.8 Å². The summed E-state index contributed by atoms with van der Waals surface area (Å²) >= 11 is 0. The fourth-order valence-electron chi connectivity index (χ4n) is 3.87. The molecule has 1 aromatic heterocycles. The van der Waals surface area contributed by atoms with Crippen molar-refractivity contribution in [3.8, 4) is 5.75 Å². The van der Waals surface area contributed by atoms with Gasteiger partial charge in [0.2, 0.25) is 0 Å². The smallest absolute Gasteiger partial charge is 0.322 e. The minimum Gasteiger partial charge on any atom is -0.489 e. The summed E-state index contributed by atoms with van der Waals surface area (Å²) in [7, 11) is 0. The molecule has 0 spiro atoms. The maximum absolute atomic E-state index is 12.8. The van der Waals surface area contributed by atoms with Crippen molar-refractivity contribution in [1.82, 2.24) is 14.8 Å². The Kier molecular flexibility index (Phi) is 7.16. The normalized spacial score (nSPS) is 20.0. The molecule has 2 aliphatic heterocycles. The monoisotopic (exact) mass is 410 g/mol. The van der Waals surface area contributed by atoms with Crippen LogP contribution in [-0.4, -0.2) is 66.3 Å². The molecule has 1 unspecified atom stereocenters. The molecule has 1 N–H and O–H groups in total. The van der Waals surface area contributed by atoms with Crippen LogP contribution in [0.3, 0.4) is 0 Å². The molecule has 0 aliphatic carbocycles. The first-order chi connectivity index (χ1) is 14.8. The van der Waals surface area contributed by atoms with Crippen LogP contribution in [0.2, 0.25) is 0 Å². The second-order valence-electron chi connectivity index (χ2n) is 7.84. The number of hydrogen-bond donors (Lipinski definition) is 1. The summed E-state index contributed by atoms with van der Waals surface area (Å²) in [6, 6.07) is 11.6. The van der Waals surface area contributed by atoms with Crippen LogP contribution >= 0.6 is 0 Å². The second kappa shape index (κ2) is 10.4. The van der Waals surface area contributed by atoms with Crippen LogP contribution in [0, 0.1) is 0 Å². The number of hydrogen-bond acceptors (Lipinski definition) is 5. The zero-order chi connectivity index (χ0) is 20.6. The van der Waals surface area contributed by atoms with Crippen LogP contribution in [-0.2, 0) is 11.3 Å². The third-order valence-electron chi connectivity index (χ3n) is 5.64. The zero-order valence-electron chi connectivity index (χ0n) is 17.3. The number of para-hydroxylation sites is 2. The maximum Gasteiger partial charge on any atom is 0.322 e. The SMILES string of the molecule is O=C(Nc1ccccc1OCC1CCCCO1)N1CCN(Cc2ccncc2)CC1. The van der Waals surface area contributed by atoms with Crippen molar-refractivity contribution < 1.29 is 14.3 Å². The Hall–Kier alpha value is -2.64. The molecule has 1 atom stereocenters. The number of amides is 2. The van der Waals surface area contributed by atoms with Gasteiger partial charge in [0.15, 0.2) is 0 Å². The molecule has 2 amide bonds. The highest BCUT2D eigenvalue weighted by Gasteiger charge is 2.22. The Labute approximate surface area is 178 Å². The van der Waals surface area contributed by atoms with Crippen molar-refractivity contribution in [1.29, 1.82) is 0 Å². The third kappa shape index (κ3) is 5.70. The van der Waals surface area contributed by atoms with Gasteiger partial charge in [-0.05, 0) is 49.1 Å². The van der Waals surface area contributed by atoms with Gasteiger partial charge in [-0.3, -0.25) is 9.88 Å². The van der Waals surface area contributed by atoms with E-state index < -0.39 is 0 Å². The number of nitrogens with zero attached hydrogens (tertiary/aromatic N) is 3. The van der Waals surface area contributed by atoms with Gasteiger partial charge in [-0.15, -0.1) is 0 Å². The Bertz CT molecular complexity index is 803. The van der Waals surface area contributed by atoms with Crippen LogP contribution in [0.4, 0.5) is 10.5 Å². The highest BCUT2D eigenvalue weighted by Crippen LogP contribution is 2.25. The van der Waals surface area contributed by atoms with Gasteiger partial charge in [0.25, 0.3) is 0 Å². The first-order valence-corrected chi connectivity index (χ1v) is 10.8. The Morgan fingerprint density at radius 3 is 2.67 bits per heavy atom. The quantitative estimate of drug-likeness (QED) is 0.791. The minimum atomic E-state index is -0.0801. The number of ether oxygens (including phenoxy) is 2. The van der Waals surface area contributed by atoms with Crippen molar-refractivity contribution in [3.63, 3.8) is 0 Å². The molecule has 1 aromatic carbocycles. The molecule has 7 heteroatoms. The number of pyridine rings is 1. The molecule has 3 heterocycles. The van der Waals surface area contributed by atoms with E-state index in [9.17, 15) is 4.79 Å². The summed E-state index contributed by atoms with van der Waals surface area (Å²) in [4.78, 5) is 21.1. The zero-order valence-corrected chi connectivity index (χ0v) is 17.3. The fourth-order valence-corrected chi connectivity index (χ4v) is 3.87. The lowest BCUT2D eigenvalue weighted by Gasteiger charge is -2.34. The molecule has 160 valence electrons. The van der Waals surface area contributed by atoms with Gasteiger partial charge in [0.05, 0.1) is 11.8 Å². The van der Waals surface area contributed by atoms with E-state index in [2.05, 4.69) is 15.2 Å². The highest BCUT2D eigenvalue weighted by molar-refractivity contribution is 5.91. The van der Waals surface area contributed by atoms with E-state index in [4.69, 9.17) is 9.47 Å². The number of urea groups is 1. The number of benzene rings is 1. The lowest BCUT2D eigenvalue weighted by atomic mass is 10.1. The summed E-state index contributed by atoms with van der Waals surface area (Å²) in [6.45, 7) is 5.32. The van der Waals surface area contributed by atoms with E-state index in [0.29, 0.717) is 31.1 Å². The van der Waals surface area contributed by atoms with E-state index in [-0.39, 0.29) is 12.1 Å². The van der Waals surface area contributed by atoms with Gasteiger partial charge in [-0.25, -0.2) is 4.79 Å². The number of rotatable bonds is 6. The third-order valence-corrected chi connectivity index (χ3v) is 5.64. The van der Waals surface area contributed by atoms with Crippen LogP contribution in [0.15, 0.2) is 48.8 Å². The topological polar surface area (TPSA) is 66.9 Å². The molecule has 2 fully saturated rings. The number of carbonyl (C=O) groups excluding carboxylic acids is 1. The molecule has 4 rings (SSSR count). The number of carbonyl (C=O) groups is 1. The van der Waals surface area contributed by atoms with Gasteiger partial charge < -0.3 is 19.7 Å². The Morgan fingerprint density at radius 1 is 1.10 bits per heavy atom. The molecule has 30 heavy (non-hydrogen) atoms. The standard InChI is InChI=1S/C23H30N4O3/c28-23(27-14-12-26(13-15-27)17-19-8-10-24-11-9-19)25-21-6-1-2-7-22(21)30-18-20-5-3-4-16-29-20/h1-2,6-11,20H,3-5,12-18H2,(H,25,28). The molecule has 0 saturated carbocycles. The van der Waals surface area contributed by atoms with E-state index in [1.165, 1.54) is 12.0 Å². The lowest BCUT2D eigenvalue weighted by Crippen LogP contribution is -2.49. The van der Waals surface area contributed by atoms with E-state index in [0.717, 1.165) is 39.1 Å². The van der Waals surface area contributed by atoms with Gasteiger partial charge in [-0.1, -0.05) is 12.1 Å². The van der Waals surface area contributed by atoms with Crippen molar-refractivity contribution in [3.05, 3.63) is 54.4 Å². The first kappa shape index (κ1) is 20.6. The summed E-state index contributed by atoms with van der Waals surface area (Å²) < 4.78 is 11.7. The predicted molar refractivity (Wildman–Crippen MR) is 116 cm³/mol. The summed E-state index contributed by atoms with van der Waals surface area (Å²) in [5.41, 5.74) is 1.95. The van der Waals surface area contributed by atoms with E-state index in [1.807, 2.05) is 53.7 Å². The van der Waals surface area contributed by atoms with Crippen molar-refractivity contribution >= 4 is 11.7 Å². The average Bonchev–Trinajstić information content (AvgIpc) is 2.80. The Balaban J connectivity index is 1.27. The van der Waals surface area contributed by atoms with Crippen molar-refractivity contribution in [2.24, 2.45) is 0 Å². The Morgan fingerprint density at radius 2 is 1.90 bits per heavy atom. The average molecular weight is 411 g/mol. The molecule has 2 saturated heterocycles. The first-order valence-electron chi connectivity index (χ1n) is 10.8. The fraction of sp³-hybridized carbons (Fsp3) is 0.478. The second-order valence-corrected chi connectivity index (χ2v) is 7.84. The van der Waals surface area contributed by atoms with Crippen LogP contribution in [0.5, 0.6) is 5.75 Å². The maximum atomic E-state index is 12.8. The summed E-state index contributed by atoms with van der Waals surface area (Å²) in [5, 5.41) is 3.03. The van der Waals surface area contributed by atoms with Gasteiger partial charge in [-0.2, -0.15) is 0 Å². The molecular weight excluding hydrogens is 380 g/mol. The van der Waals surface area contributed by atoms with Crippen LogP contribution < -0.4 is 10.1 Å². The number of nitrogens with one attached hydrogen (secondary N) is 1. The summed E-state index contributed by atoms with van der Waals surface area (Å²) in [5.74, 6) is 0.691. The minimum absolute atomic E-state index is 0.0801. The number of piperazine rings is 1. The van der Waals surface area contributed by atoms with Gasteiger partial charge >= 0.3 is 6.03 Å². The highest BCUT2D eigenvalue weighted by atomic mass is 16.5. The molecule has 0 radical (unpaired) electrons. The predicted octanol–water partition coefficient (Wildman–Crippen LogP) is 3.38. The molecular formula is C23H30N4O3. The summed E-state index contributed by atoms with van der Waals surface area (Å²) in [6.07, 6.45) is 7.10. The number of anilines is 1.